The molecule has 108 valence electrons. The number of benzene rings is 1. The fraction of sp³-hybridized carbons (Fsp3) is 0.444. The van der Waals surface area contributed by atoms with Gasteiger partial charge >= 0.3 is 0 Å². The standard InChI is InChI=1S/C18H24O2/c1-14-17(20-4)6-5-12-18(14,2)13-11-15-7-9-16(19-3)10-8-15/h5-10H,11-13H2,1-4H3. The highest BCUT2D eigenvalue weighted by Crippen LogP contribution is 2.41. The van der Waals surface area contributed by atoms with E-state index in [1.54, 1.807) is 14.2 Å². The zero-order chi connectivity index (χ0) is 14.6. The van der Waals surface area contributed by atoms with Gasteiger partial charge in [-0.1, -0.05) is 25.1 Å². The molecule has 0 spiro atoms. The summed E-state index contributed by atoms with van der Waals surface area (Å²) in [6.45, 7) is 4.52. The first-order valence-electron chi connectivity index (χ1n) is 7.14. The normalized spacial score (nSPS) is 22.0. The lowest BCUT2D eigenvalue weighted by Gasteiger charge is -2.33. The number of methoxy groups -OCH3 is 2. The fourth-order valence-corrected chi connectivity index (χ4v) is 2.72. The van der Waals surface area contributed by atoms with Gasteiger partial charge in [-0.15, -0.1) is 0 Å². The van der Waals surface area contributed by atoms with E-state index in [1.165, 1.54) is 11.1 Å². The quantitative estimate of drug-likeness (QED) is 0.785. The first-order valence-corrected chi connectivity index (χ1v) is 7.14. The first-order chi connectivity index (χ1) is 9.59. The van der Waals surface area contributed by atoms with Crippen LogP contribution < -0.4 is 4.74 Å². The number of hydrogen-bond donors (Lipinski definition) is 0. The van der Waals surface area contributed by atoms with Crippen LogP contribution in [-0.2, 0) is 11.2 Å². The zero-order valence-corrected chi connectivity index (χ0v) is 12.9. The minimum Gasteiger partial charge on any atom is -0.497 e. The van der Waals surface area contributed by atoms with Crippen LogP contribution in [0.5, 0.6) is 5.75 Å². The molecule has 0 radical (unpaired) electrons. The van der Waals surface area contributed by atoms with Gasteiger partial charge in [0, 0.05) is 0 Å². The molecule has 1 aliphatic rings. The number of aryl methyl sites for hydroxylation is 1. The minimum absolute atomic E-state index is 0.194. The third kappa shape index (κ3) is 3.06. The van der Waals surface area contributed by atoms with Gasteiger partial charge in [-0.3, -0.25) is 0 Å². The van der Waals surface area contributed by atoms with Crippen molar-refractivity contribution in [1.82, 2.24) is 0 Å². The summed E-state index contributed by atoms with van der Waals surface area (Å²) >= 11 is 0. The van der Waals surface area contributed by atoms with E-state index < -0.39 is 0 Å². The van der Waals surface area contributed by atoms with Crippen LogP contribution in [-0.4, -0.2) is 14.2 Å². The highest BCUT2D eigenvalue weighted by Gasteiger charge is 2.29. The maximum absolute atomic E-state index is 5.46. The Bertz CT molecular complexity index is 511. The monoisotopic (exact) mass is 272 g/mol. The Kier molecular flexibility index (Phi) is 4.53. The van der Waals surface area contributed by atoms with E-state index in [0.29, 0.717) is 0 Å². The van der Waals surface area contributed by atoms with Crippen molar-refractivity contribution in [3.05, 3.63) is 53.3 Å². The second-order valence-corrected chi connectivity index (χ2v) is 5.71. The average molecular weight is 272 g/mol. The number of hydrogen-bond acceptors (Lipinski definition) is 2. The topological polar surface area (TPSA) is 18.5 Å². The Morgan fingerprint density at radius 1 is 1.10 bits per heavy atom. The lowest BCUT2D eigenvalue weighted by Crippen LogP contribution is -2.22. The summed E-state index contributed by atoms with van der Waals surface area (Å²) in [4.78, 5) is 0. The van der Waals surface area contributed by atoms with Crippen LogP contribution in [0.1, 0.15) is 32.3 Å². The van der Waals surface area contributed by atoms with Crippen molar-refractivity contribution in [3.63, 3.8) is 0 Å². The van der Waals surface area contributed by atoms with Crippen LogP contribution in [0, 0.1) is 5.41 Å². The molecule has 2 nitrogen and oxygen atoms in total. The molecule has 0 N–H and O–H groups in total. The number of allylic oxidation sites excluding steroid dienone is 3. The SMILES string of the molecule is COC1=C(C)C(C)(CCc2ccc(OC)cc2)CC=C1. The molecule has 1 aromatic rings. The summed E-state index contributed by atoms with van der Waals surface area (Å²) in [6, 6.07) is 8.36. The van der Waals surface area contributed by atoms with Gasteiger partial charge in [-0.05, 0) is 60.9 Å². The van der Waals surface area contributed by atoms with Crippen molar-refractivity contribution in [2.24, 2.45) is 5.41 Å². The number of ether oxygens (including phenoxy) is 2. The van der Waals surface area contributed by atoms with Crippen LogP contribution in [0.25, 0.3) is 0 Å². The second kappa shape index (κ2) is 6.17. The third-order valence-electron chi connectivity index (χ3n) is 4.46. The van der Waals surface area contributed by atoms with Gasteiger partial charge in [0.25, 0.3) is 0 Å². The molecular weight excluding hydrogens is 248 g/mol. The summed E-state index contributed by atoms with van der Waals surface area (Å²) in [5, 5.41) is 0. The van der Waals surface area contributed by atoms with Crippen LogP contribution in [0.3, 0.4) is 0 Å². The van der Waals surface area contributed by atoms with Gasteiger partial charge < -0.3 is 9.47 Å². The molecule has 0 saturated heterocycles. The molecule has 0 bridgehead atoms. The summed E-state index contributed by atoms with van der Waals surface area (Å²) in [7, 11) is 3.45. The van der Waals surface area contributed by atoms with Crippen molar-refractivity contribution in [2.75, 3.05) is 14.2 Å². The highest BCUT2D eigenvalue weighted by atomic mass is 16.5. The molecule has 1 atom stereocenters. The number of rotatable bonds is 5. The lowest BCUT2D eigenvalue weighted by atomic mass is 9.73. The Labute approximate surface area is 122 Å². The van der Waals surface area contributed by atoms with E-state index in [9.17, 15) is 0 Å². The molecular formula is C18H24O2. The van der Waals surface area contributed by atoms with Gasteiger partial charge in [-0.25, -0.2) is 0 Å². The fourth-order valence-electron chi connectivity index (χ4n) is 2.72. The summed E-state index contributed by atoms with van der Waals surface area (Å²) in [5.41, 5.74) is 2.91. The minimum atomic E-state index is 0.194. The van der Waals surface area contributed by atoms with E-state index in [4.69, 9.17) is 9.47 Å². The Morgan fingerprint density at radius 2 is 1.80 bits per heavy atom. The van der Waals surface area contributed by atoms with Gasteiger partial charge in [0.05, 0.1) is 14.2 Å². The predicted octanol–water partition coefficient (Wildman–Crippen LogP) is 4.51. The van der Waals surface area contributed by atoms with Crippen LogP contribution in [0.2, 0.25) is 0 Å². The van der Waals surface area contributed by atoms with Gasteiger partial charge in [0.15, 0.2) is 0 Å². The van der Waals surface area contributed by atoms with Crippen LogP contribution >= 0.6 is 0 Å². The summed E-state index contributed by atoms with van der Waals surface area (Å²) in [5.74, 6) is 1.94. The molecule has 1 aromatic carbocycles. The highest BCUT2D eigenvalue weighted by molar-refractivity contribution is 5.31. The van der Waals surface area contributed by atoms with E-state index in [-0.39, 0.29) is 5.41 Å². The van der Waals surface area contributed by atoms with Crippen molar-refractivity contribution in [2.45, 2.75) is 33.1 Å². The molecule has 1 aliphatic carbocycles. The smallest absolute Gasteiger partial charge is 0.118 e. The van der Waals surface area contributed by atoms with E-state index in [1.807, 2.05) is 12.1 Å². The molecule has 0 heterocycles. The molecule has 0 aliphatic heterocycles. The van der Waals surface area contributed by atoms with Crippen molar-refractivity contribution in [1.29, 1.82) is 0 Å². The Balaban J connectivity index is 2.05. The lowest BCUT2D eigenvalue weighted by molar-refractivity contribution is 0.268. The second-order valence-electron chi connectivity index (χ2n) is 5.71. The first kappa shape index (κ1) is 14.7. The Hall–Kier alpha value is -1.70. The van der Waals surface area contributed by atoms with Crippen molar-refractivity contribution >= 4 is 0 Å². The van der Waals surface area contributed by atoms with Crippen molar-refractivity contribution in [3.8, 4) is 5.75 Å². The van der Waals surface area contributed by atoms with Crippen LogP contribution in [0.15, 0.2) is 47.7 Å². The Morgan fingerprint density at radius 3 is 2.40 bits per heavy atom. The third-order valence-corrected chi connectivity index (χ3v) is 4.46. The van der Waals surface area contributed by atoms with Crippen LogP contribution in [0.4, 0.5) is 0 Å². The molecule has 2 heteroatoms. The molecule has 0 fully saturated rings. The molecule has 0 saturated carbocycles. The molecule has 0 amide bonds. The average Bonchev–Trinajstić information content (AvgIpc) is 2.49. The maximum atomic E-state index is 5.46. The van der Waals surface area contributed by atoms with E-state index in [0.717, 1.165) is 30.8 Å². The molecule has 20 heavy (non-hydrogen) atoms. The van der Waals surface area contributed by atoms with E-state index in [2.05, 4.69) is 38.1 Å². The van der Waals surface area contributed by atoms with Gasteiger partial charge in [0.1, 0.15) is 11.5 Å². The van der Waals surface area contributed by atoms with E-state index >= 15 is 0 Å². The summed E-state index contributed by atoms with van der Waals surface area (Å²) in [6.07, 6.45) is 7.59. The molecule has 2 rings (SSSR count). The molecule has 1 unspecified atom stereocenters. The zero-order valence-electron chi connectivity index (χ0n) is 12.9. The maximum Gasteiger partial charge on any atom is 0.118 e. The predicted molar refractivity (Wildman–Crippen MR) is 82.9 cm³/mol. The van der Waals surface area contributed by atoms with Gasteiger partial charge in [0.2, 0.25) is 0 Å². The molecule has 0 aromatic heterocycles. The largest absolute Gasteiger partial charge is 0.497 e. The van der Waals surface area contributed by atoms with Gasteiger partial charge in [-0.2, -0.15) is 0 Å². The summed E-state index contributed by atoms with van der Waals surface area (Å²) < 4.78 is 10.7. The van der Waals surface area contributed by atoms with Crippen molar-refractivity contribution < 1.29 is 9.47 Å².